The van der Waals surface area contributed by atoms with Crippen LogP contribution < -0.4 is 4.74 Å². The molecular formula is C10H14ClNO3S. The van der Waals surface area contributed by atoms with Crippen LogP contribution in [-0.2, 0) is 10.0 Å². The second kappa shape index (κ2) is 5.03. The summed E-state index contributed by atoms with van der Waals surface area (Å²) < 4.78 is 30.0. The molecule has 0 spiro atoms. The van der Waals surface area contributed by atoms with Crippen molar-refractivity contribution < 1.29 is 13.2 Å². The van der Waals surface area contributed by atoms with Crippen LogP contribution in [0.1, 0.15) is 6.92 Å². The van der Waals surface area contributed by atoms with E-state index < -0.39 is 10.0 Å². The molecule has 90 valence electrons. The fourth-order valence-corrected chi connectivity index (χ4v) is 2.55. The van der Waals surface area contributed by atoms with E-state index in [1.807, 2.05) is 6.92 Å². The lowest BCUT2D eigenvalue weighted by Crippen LogP contribution is -2.22. The van der Waals surface area contributed by atoms with Gasteiger partial charge in [-0.1, -0.05) is 11.6 Å². The van der Waals surface area contributed by atoms with Gasteiger partial charge in [-0.3, -0.25) is 0 Å². The van der Waals surface area contributed by atoms with Crippen molar-refractivity contribution in [3.8, 4) is 5.75 Å². The summed E-state index contributed by atoms with van der Waals surface area (Å²) in [6.07, 6.45) is 0. The molecule has 0 saturated carbocycles. The van der Waals surface area contributed by atoms with Crippen LogP contribution in [0.2, 0.25) is 5.02 Å². The Balaban J connectivity index is 3.19. The zero-order valence-corrected chi connectivity index (χ0v) is 11.0. The van der Waals surface area contributed by atoms with Crippen LogP contribution in [-0.4, -0.2) is 33.4 Å². The number of nitrogens with zero attached hydrogens (tertiary/aromatic N) is 1. The highest BCUT2D eigenvalue weighted by Gasteiger charge is 2.20. The second-order valence-electron chi connectivity index (χ2n) is 3.31. The molecule has 1 aromatic carbocycles. The van der Waals surface area contributed by atoms with Crippen LogP contribution in [0.25, 0.3) is 0 Å². The van der Waals surface area contributed by atoms with Gasteiger partial charge in [-0.15, -0.1) is 0 Å². The Kier molecular flexibility index (Phi) is 4.18. The van der Waals surface area contributed by atoms with Crippen molar-refractivity contribution in [1.82, 2.24) is 4.31 Å². The largest absolute Gasteiger partial charge is 0.494 e. The predicted octanol–water partition coefficient (Wildman–Crippen LogP) is 1.99. The number of sulfonamides is 1. The monoisotopic (exact) mass is 263 g/mol. The SMILES string of the molecule is CCOc1ccc(S(=O)(=O)N(C)C)c(Cl)c1. The molecule has 0 heterocycles. The van der Waals surface area contributed by atoms with Crippen molar-refractivity contribution in [2.24, 2.45) is 0 Å². The molecule has 1 aromatic rings. The lowest BCUT2D eigenvalue weighted by atomic mass is 10.3. The minimum Gasteiger partial charge on any atom is -0.494 e. The Hall–Kier alpha value is -0.780. The fourth-order valence-electron chi connectivity index (χ4n) is 1.14. The summed E-state index contributed by atoms with van der Waals surface area (Å²) >= 11 is 5.91. The Labute approximate surface area is 101 Å². The van der Waals surface area contributed by atoms with Gasteiger partial charge < -0.3 is 4.74 Å². The minimum atomic E-state index is -3.49. The lowest BCUT2D eigenvalue weighted by molar-refractivity contribution is 0.340. The minimum absolute atomic E-state index is 0.0858. The topological polar surface area (TPSA) is 46.6 Å². The number of ether oxygens (including phenoxy) is 1. The molecule has 4 nitrogen and oxygen atoms in total. The van der Waals surface area contributed by atoms with E-state index in [1.165, 1.54) is 26.2 Å². The summed E-state index contributed by atoms with van der Waals surface area (Å²) in [6.45, 7) is 2.36. The summed E-state index contributed by atoms with van der Waals surface area (Å²) in [5.41, 5.74) is 0. The first kappa shape index (κ1) is 13.3. The summed E-state index contributed by atoms with van der Waals surface area (Å²) in [5.74, 6) is 0.560. The highest BCUT2D eigenvalue weighted by molar-refractivity contribution is 7.89. The maximum Gasteiger partial charge on any atom is 0.244 e. The molecule has 0 aliphatic rings. The van der Waals surface area contributed by atoms with Gasteiger partial charge in [0.25, 0.3) is 0 Å². The first-order valence-corrected chi connectivity index (χ1v) is 6.56. The Morgan fingerprint density at radius 3 is 2.44 bits per heavy atom. The third-order valence-corrected chi connectivity index (χ3v) is 4.27. The molecule has 0 radical (unpaired) electrons. The van der Waals surface area contributed by atoms with Gasteiger partial charge in [-0.25, -0.2) is 12.7 Å². The van der Waals surface area contributed by atoms with Crippen LogP contribution in [0.15, 0.2) is 23.1 Å². The molecule has 0 bridgehead atoms. The molecule has 0 aromatic heterocycles. The third kappa shape index (κ3) is 2.66. The highest BCUT2D eigenvalue weighted by Crippen LogP contribution is 2.27. The highest BCUT2D eigenvalue weighted by atomic mass is 35.5. The fraction of sp³-hybridized carbons (Fsp3) is 0.400. The van der Waals surface area contributed by atoms with E-state index in [-0.39, 0.29) is 9.92 Å². The average molecular weight is 264 g/mol. The zero-order chi connectivity index (χ0) is 12.3. The average Bonchev–Trinajstić information content (AvgIpc) is 2.17. The van der Waals surface area contributed by atoms with Gasteiger partial charge in [-0.05, 0) is 19.1 Å². The normalized spacial score (nSPS) is 11.8. The standard InChI is InChI=1S/C10H14ClNO3S/c1-4-15-8-5-6-10(9(11)7-8)16(13,14)12(2)3/h5-7H,4H2,1-3H3. The van der Waals surface area contributed by atoms with Gasteiger partial charge in [0.05, 0.1) is 11.6 Å². The summed E-state index contributed by atoms with van der Waals surface area (Å²) in [7, 11) is -0.573. The second-order valence-corrected chi connectivity index (χ2v) is 5.84. The van der Waals surface area contributed by atoms with E-state index >= 15 is 0 Å². The third-order valence-electron chi connectivity index (χ3n) is 1.97. The van der Waals surface area contributed by atoms with Gasteiger partial charge >= 0.3 is 0 Å². The molecule has 0 N–H and O–H groups in total. The molecule has 0 aliphatic carbocycles. The van der Waals surface area contributed by atoms with E-state index in [2.05, 4.69) is 0 Å². The molecule has 6 heteroatoms. The van der Waals surface area contributed by atoms with Crippen LogP contribution in [0.5, 0.6) is 5.75 Å². The van der Waals surface area contributed by atoms with Crippen LogP contribution in [0, 0.1) is 0 Å². The molecule has 0 amide bonds. The molecule has 0 saturated heterocycles. The summed E-state index contributed by atoms with van der Waals surface area (Å²) in [6, 6.07) is 4.54. The number of halogens is 1. The molecule has 0 aliphatic heterocycles. The van der Waals surface area contributed by atoms with Crippen LogP contribution >= 0.6 is 11.6 Å². The Morgan fingerprint density at radius 1 is 1.38 bits per heavy atom. The quantitative estimate of drug-likeness (QED) is 0.835. The van der Waals surface area contributed by atoms with Crippen molar-refractivity contribution in [2.45, 2.75) is 11.8 Å². The summed E-state index contributed by atoms with van der Waals surface area (Å²) in [5, 5.41) is 0.166. The van der Waals surface area contributed by atoms with E-state index in [1.54, 1.807) is 6.07 Å². The van der Waals surface area contributed by atoms with Crippen molar-refractivity contribution in [2.75, 3.05) is 20.7 Å². The van der Waals surface area contributed by atoms with Gasteiger partial charge in [0.15, 0.2) is 0 Å². The van der Waals surface area contributed by atoms with Crippen molar-refractivity contribution in [1.29, 1.82) is 0 Å². The smallest absolute Gasteiger partial charge is 0.244 e. The molecule has 1 rings (SSSR count). The molecule has 0 fully saturated rings. The lowest BCUT2D eigenvalue weighted by Gasteiger charge is -2.13. The molecule has 0 atom stereocenters. The number of hydrogen-bond acceptors (Lipinski definition) is 3. The van der Waals surface area contributed by atoms with Crippen molar-refractivity contribution >= 4 is 21.6 Å². The maximum absolute atomic E-state index is 11.8. The number of hydrogen-bond donors (Lipinski definition) is 0. The maximum atomic E-state index is 11.8. The van der Waals surface area contributed by atoms with Gasteiger partial charge in [0.1, 0.15) is 10.6 Å². The van der Waals surface area contributed by atoms with E-state index in [9.17, 15) is 8.42 Å². The van der Waals surface area contributed by atoms with E-state index in [4.69, 9.17) is 16.3 Å². The molecule has 0 unspecified atom stereocenters. The van der Waals surface area contributed by atoms with Crippen LogP contribution in [0.3, 0.4) is 0 Å². The predicted molar refractivity (Wildman–Crippen MR) is 63.5 cm³/mol. The first-order valence-electron chi connectivity index (χ1n) is 4.74. The summed E-state index contributed by atoms with van der Waals surface area (Å²) in [4.78, 5) is 0.0858. The number of benzene rings is 1. The van der Waals surface area contributed by atoms with Crippen molar-refractivity contribution in [3.05, 3.63) is 23.2 Å². The van der Waals surface area contributed by atoms with E-state index in [0.29, 0.717) is 12.4 Å². The number of rotatable bonds is 4. The first-order chi connectivity index (χ1) is 7.39. The molecular weight excluding hydrogens is 250 g/mol. The van der Waals surface area contributed by atoms with Crippen LogP contribution in [0.4, 0.5) is 0 Å². The van der Waals surface area contributed by atoms with Crippen molar-refractivity contribution in [3.63, 3.8) is 0 Å². The molecule has 16 heavy (non-hydrogen) atoms. The van der Waals surface area contributed by atoms with Gasteiger partial charge in [0.2, 0.25) is 10.0 Å². The Bertz CT molecular complexity index is 471. The van der Waals surface area contributed by atoms with Gasteiger partial charge in [0, 0.05) is 20.2 Å². The Morgan fingerprint density at radius 2 is 2.00 bits per heavy atom. The van der Waals surface area contributed by atoms with E-state index in [0.717, 1.165) is 4.31 Å². The van der Waals surface area contributed by atoms with Gasteiger partial charge in [-0.2, -0.15) is 0 Å². The zero-order valence-electron chi connectivity index (χ0n) is 9.40.